The van der Waals surface area contributed by atoms with Crippen molar-refractivity contribution in [1.82, 2.24) is 0 Å². The minimum Gasteiger partial charge on any atom is -0.465 e. The summed E-state index contributed by atoms with van der Waals surface area (Å²) in [5, 5.41) is 0. The number of ether oxygens (including phenoxy) is 1. The zero-order valence-corrected chi connectivity index (χ0v) is 14.5. The van der Waals surface area contributed by atoms with Gasteiger partial charge in [0.15, 0.2) is 0 Å². The molecule has 0 unspecified atom stereocenters. The van der Waals surface area contributed by atoms with Crippen molar-refractivity contribution in [3.8, 4) is 0 Å². The van der Waals surface area contributed by atoms with E-state index in [-0.39, 0.29) is 16.9 Å². The molecule has 1 aromatic carbocycles. The Morgan fingerprint density at radius 3 is 2.48 bits per heavy atom. The summed E-state index contributed by atoms with van der Waals surface area (Å²) in [6.45, 7) is 1.82. The highest BCUT2D eigenvalue weighted by atomic mass is 32.2. The third-order valence-electron chi connectivity index (χ3n) is 3.82. The highest BCUT2D eigenvalue weighted by Crippen LogP contribution is 2.38. The second-order valence-corrected chi connectivity index (χ2v) is 7.07. The summed E-state index contributed by atoms with van der Waals surface area (Å²) in [4.78, 5) is 11.7. The van der Waals surface area contributed by atoms with Crippen LogP contribution in [0.4, 0.5) is 13.2 Å². The fraction of sp³-hybridized carbons (Fsp3) is 0.438. The van der Waals surface area contributed by atoms with Gasteiger partial charge in [0.1, 0.15) is 5.76 Å². The monoisotopic (exact) mass is 378 g/mol. The van der Waals surface area contributed by atoms with E-state index in [0.717, 1.165) is 0 Å². The fourth-order valence-corrected chi connectivity index (χ4v) is 3.16. The number of alkyl halides is 3. The minimum absolute atomic E-state index is 0.101. The van der Waals surface area contributed by atoms with Gasteiger partial charge < -0.3 is 8.92 Å². The number of esters is 1. The molecule has 0 heterocycles. The standard InChI is InChI=1S/C16H17F3O5S/c1-3-4-11-7-5-10-6-8-12(15(20)23-2)9-13(10)14(11)24-25(21,22)16(17,18)19/h6,8-9H,3-5,7H2,1-2H3. The van der Waals surface area contributed by atoms with Crippen LogP contribution in [0.2, 0.25) is 0 Å². The molecule has 1 aliphatic rings. The van der Waals surface area contributed by atoms with E-state index < -0.39 is 21.6 Å². The molecule has 0 saturated carbocycles. The van der Waals surface area contributed by atoms with E-state index in [1.807, 2.05) is 6.92 Å². The van der Waals surface area contributed by atoms with Gasteiger partial charge in [0.05, 0.1) is 12.7 Å². The van der Waals surface area contributed by atoms with Crippen molar-refractivity contribution in [1.29, 1.82) is 0 Å². The van der Waals surface area contributed by atoms with Gasteiger partial charge in [-0.25, -0.2) is 4.79 Å². The number of allylic oxidation sites excluding steroid dienone is 1. The summed E-state index contributed by atoms with van der Waals surface area (Å²) >= 11 is 0. The Hall–Kier alpha value is -2.03. The fourth-order valence-electron chi connectivity index (χ4n) is 2.64. The Morgan fingerprint density at radius 1 is 1.24 bits per heavy atom. The van der Waals surface area contributed by atoms with Crippen molar-refractivity contribution in [2.24, 2.45) is 0 Å². The van der Waals surface area contributed by atoms with Crippen LogP contribution in [0.15, 0.2) is 23.8 Å². The van der Waals surface area contributed by atoms with Crippen LogP contribution in [-0.4, -0.2) is 27.0 Å². The molecule has 0 atom stereocenters. The molecule has 0 aliphatic heterocycles. The van der Waals surface area contributed by atoms with E-state index in [0.29, 0.717) is 36.8 Å². The van der Waals surface area contributed by atoms with Gasteiger partial charge in [0.2, 0.25) is 0 Å². The summed E-state index contributed by atoms with van der Waals surface area (Å²) in [6.07, 6.45) is 1.91. The average Bonchev–Trinajstić information content (AvgIpc) is 2.54. The van der Waals surface area contributed by atoms with Crippen molar-refractivity contribution in [2.75, 3.05) is 7.11 Å². The quantitative estimate of drug-likeness (QED) is 0.443. The molecule has 9 heteroatoms. The van der Waals surface area contributed by atoms with E-state index in [1.54, 1.807) is 6.07 Å². The normalized spacial score (nSPS) is 14.9. The summed E-state index contributed by atoms with van der Waals surface area (Å²) in [6, 6.07) is 4.34. The maximum atomic E-state index is 12.7. The van der Waals surface area contributed by atoms with Gasteiger partial charge in [-0.15, -0.1) is 0 Å². The Bertz CT molecular complexity index is 810. The number of hydrogen-bond donors (Lipinski definition) is 0. The lowest BCUT2D eigenvalue weighted by atomic mass is 9.87. The molecule has 1 aliphatic carbocycles. The molecular formula is C16H17F3O5S. The van der Waals surface area contributed by atoms with Gasteiger partial charge in [-0.2, -0.15) is 21.6 Å². The molecule has 0 aromatic heterocycles. The van der Waals surface area contributed by atoms with E-state index in [9.17, 15) is 26.4 Å². The smallest absolute Gasteiger partial charge is 0.465 e. The van der Waals surface area contributed by atoms with Crippen LogP contribution in [0.5, 0.6) is 0 Å². The van der Waals surface area contributed by atoms with Crippen molar-refractivity contribution < 1.29 is 35.3 Å². The molecule has 1 aromatic rings. The number of fused-ring (bicyclic) bond motifs is 1. The highest BCUT2D eigenvalue weighted by molar-refractivity contribution is 7.87. The summed E-state index contributed by atoms with van der Waals surface area (Å²) in [5.41, 5.74) is -4.17. The van der Waals surface area contributed by atoms with Crippen molar-refractivity contribution in [3.63, 3.8) is 0 Å². The van der Waals surface area contributed by atoms with E-state index in [2.05, 4.69) is 8.92 Å². The topological polar surface area (TPSA) is 69.7 Å². The third-order valence-corrected chi connectivity index (χ3v) is 4.77. The van der Waals surface area contributed by atoms with Gasteiger partial charge in [-0.1, -0.05) is 19.4 Å². The molecule has 2 rings (SSSR count). The maximum absolute atomic E-state index is 12.7. The number of halogens is 3. The van der Waals surface area contributed by atoms with Crippen molar-refractivity contribution in [2.45, 2.75) is 38.1 Å². The highest BCUT2D eigenvalue weighted by Gasteiger charge is 2.49. The molecule has 0 radical (unpaired) electrons. The Morgan fingerprint density at radius 2 is 1.92 bits per heavy atom. The minimum atomic E-state index is -5.80. The molecule has 0 spiro atoms. The summed E-state index contributed by atoms with van der Waals surface area (Å²) in [5.74, 6) is -1.02. The Balaban J connectivity index is 2.58. The van der Waals surface area contributed by atoms with Crippen LogP contribution in [0, 0.1) is 0 Å². The lowest BCUT2D eigenvalue weighted by Crippen LogP contribution is -2.26. The second-order valence-electron chi connectivity index (χ2n) is 5.53. The lowest BCUT2D eigenvalue weighted by Gasteiger charge is -2.24. The number of hydrogen-bond acceptors (Lipinski definition) is 5. The number of rotatable bonds is 5. The Kier molecular flexibility index (Phi) is 5.46. The van der Waals surface area contributed by atoms with Crippen LogP contribution in [0.25, 0.3) is 5.76 Å². The molecular weight excluding hydrogens is 361 g/mol. The largest absolute Gasteiger partial charge is 0.534 e. The zero-order chi connectivity index (χ0) is 18.8. The number of benzene rings is 1. The number of methoxy groups -OCH3 is 1. The number of carbonyl (C=O) groups is 1. The first-order chi connectivity index (χ1) is 11.6. The van der Waals surface area contributed by atoms with Crippen LogP contribution in [-0.2, 0) is 25.5 Å². The SMILES string of the molecule is CCCC1=C(OS(=O)(=O)C(F)(F)F)c2cc(C(=O)OC)ccc2CC1. The number of aryl methyl sites for hydroxylation is 1. The first kappa shape index (κ1) is 19.3. The first-order valence-electron chi connectivity index (χ1n) is 7.55. The molecule has 5 nitrogen and oxygen atoms in total. The van der Waals surface area contributed by atoms with Crippen molar-refractivity contribution >= 4 is 21.8 Å². The summed E-state index contributed by atoms with van der Waals surface area (Å²) in [7, 11) is -4.63. The van der Waals surface area contributed by atoms with Gasteiger partial charge in [0.25, 0.3) is 0 Å². The van der Waals surface area contributed by atoms with Crippen molar-refractivity contribution in [3.05, 3.63) is 40.5 Å². The van der Waals surface area contributed by atoms with Gasteiger partial charge in [-0.3, -0.25) is 0 Å². The van der Waals surface area contributed by atoms with Gasteiger partial charge in [0, 0.05) is 5.56 Å². The van der Waals surface area contributed by atoms with E-state index >= 15 is 0 Å². The first-order valence-corrected chi connectivity index (χ1v) is 8.96. The third kappa shape index (κ3) is 3.97. The molecule has 0 saturated heterocycles. The second kappa shape index (κ2) is 7.07. The molecule has 138 valence electrons. The van der Waals surface area contributed by atoms with Crippen LogP contribution >= 0.6 is 0 Å². The molecule has 25 heavy (non-hydrogen) atoms. The van der Waals surface area contributed by atoms with E-state index in [4.69, 9.17) is 0 Å². The molecule has 0 bridgehead atoms. The molecule has 0 fully saturated rings. The lowest BCUT2D eigenvalue weighted by molar-refractivity contribution is -0.0509. The predicted octanol–water partition coefficient (Wildman–Crippen LogP) is 3.80. The van der Waals surface area contributed by atoms with Crippen LogP contribution in [0.3, 0.4) is 0 Å². The Labute approximate surface area is 143 Å². The summed E-state index contributed by atoms with van der Waals surface area (Å²) < 4.78 is 70.2. The van der Waals surface area contributed by atoms with Gasteiger partial charge in [-0.05, 0) is 42.5 Å². The average molecular weight is 378 g/mol. The molecule has 0 amide bonds. The van der Waals surface area contributed by atoms with Gasteiger partial charge >= 0.3 is 21.6 Å². The predicted molar refractivity (Wildman–Crippen MR) is 84.0 cm³/mol. The van der Waals surface area contributed by atoms with Crippen LogP contribution in [0.1, 0.15) is 47.7 Å². The van der Waals surface area contributed by atoms with Crippen LogP contribution < -0.4 is 0 Å². The van der Waals surface area contributed by atoms with E-state index in [1.165, 1.54) is 19.2 Å². The number of carbonyl (C=O) groups excluding carboxylic acids is 1. The maximum Gasteiger partial charge on any atom is 0.534 e. The zero-order valence-electron chi connectivity index (χ0n) is 13.6. The molecule has 0 N–H and O–H groups in total.